The summed E-state index contributed by atoms with van der Waals surface area (Å²) >= 11 is 1.98. The van der Waals surface area contributed by atoms with Gasteiger partial charge in [0.2, 0.25) is 0 Å². The molecule has 1 nitrogen and oxygen atoms in total. The lowest BCUT2D eigenvalue weighted by Gasteiger charge is -2.00. The van der Waals surface area contributed by atoms with Crippen molar-refractivity contribution in [2.75, 3.05) is 17.2 Å². The van der Waals surface area contributed by atoms with Crippen molar-refractivity contribution < 1.29 is 0 Å². The van der Waals surface area contributed by atoms with E-state index in [1.54, 1.807) is 0 Å². The predicted octanol–water partition coefficient (Wildman–Crippen LogP) is 2.56. The molecule has 2 heteroatoms. The maximum Gasteiger partial charge on any atom is 0.0314 e. The Labute approximate surface area is 78.4 Å². The van der Waals surface area contributed by atoms with Crippen molar-refractivity contribution in [2.24, 2.45) is 0 Å². The van der Waals surface area contributed by atoms with Crippen LogP contribution in [0, 0.1) is 0 Å². The van der Waals surface area contributed by atoms with Crippen LogP contribution in [-0.4, -0.2) is 11.5 Å². The largest absolute Gasteiger partial charge is 0.399 e. The molecule has 0 aliphatic rings. The smallest absolute Gasteiger partial charge is 0.0314 e. The van der Waals surface area contributed by atoms with E-state index in [0.717, 1.165) is 12.1 Å². The standard InChI is InChI=1S/C10H15NS/c1-2-12-8-7-9-3-5-10(11)6-4-9/h3-6H,2,7-8,11H2,1H3. The molecular formula is C10H15NS. The molecule has 66 valence electrons. The second-order valence-electron chi connectivity index (χ2n) is 2.69. The van der Waals surface area contributed by atoms with Crippen LogP contribution < -0.4 is 5.73 Å². The molecular weight excluding hydrogens is 166 g/mol. The molecule has 0 bridgehead atoms. The number of hydrogen-bond acceptors (Lipinski definition) is 2. The molecule has 12 heavy (non-hydrogen) atoms. The van der Waals surface area contributed by atoms with Crippen molar-refractivity contribution in [2.45, 2.75) is 13.3 Å². The van der Waals surface area contributed by atoms with Gasteiger partial charge in [0.25, 0.3) is 0 Å². The van der Waals surface area contributed by atoms with Gasteiger partial charge in [0.05, 0.1) is 0 Å². The van der Waals surface area contributed by atoms with Crippen molar-refractivity contribution in [1.29, 1.82) is 0 Å². The topological polar surface area (TPSA) is 26.0 Å². The lowest BCUT2D eigenvalue weighted by molar-refractivity contribution is 1.16. The molecule has 0 saturated heterocycles. The zero-order chi connectivity index (χ0) is 8.81. The molecule has 0 aliphatic carbocycles. The molecule has 0 amide bonds. The molecule has 0 spiro atoms. The fourth-order valence-corrected chi connectivity index (χ4v) is 1.69. The summed E-state index contributed by atoms with van der Waals surface area (Å²) in [6.45, 7) is 2.19. The van der Waals surface area contributed by atoms with Gasteiger partial charge in [0.15, 0.2) is 0 Å². The van der Waals surface area contributed by atoms with Gasteiger partial charge in [-0.05, 0) is 35.6 Å². The van der Waals surface area contributed by atoms with Gasteiger partial charge in [0.1, 0.15) is 0 Å². The molecule has 0 radical (unpaired) electrons. The Balaban J connectivity index is 2.37. The maximum atomic E-state index is 5.58. The number of rotatable bonds is 4. The summed E-state index contributed by atoms with van der Waals surface area (Å²) in [5.74, 6) is 2.41. The Morgan fingerprint density at radius 1 is 1.25 bits per heavy atom. The number of thioether (sulfide) groups is 1. The molecule has 0 heterocycles. The summed E-state index contributed by atoms with van der Waals surface area (Å²) in [4.78, 5) is 0. The molecule has 0 aromatic heterocycles. The van der Waals surface area contributed by atoms with Crippen molar-refractivity contribution >= 4 is 17.4 Å². The molecule has 0 fully saturated rings. The number of nitrogens with two attached hydrogens (primary N) is 1. The van der Waals surface area contributed by atoms with E-state index in [9.17, 15) is 0 Å². The Morgan fingerprint density at radius 2 is 1.92 bits per heavy atom. The molecule has 1 aromatic rings. The van der Waals surface area contributed by atoms with Crippen LogP contribution in [0.4, 0.5) is 5.69 Å². The maximum absolute atomic E-state index is 5.58. The zero-order valence-corrected chi connectivity index (χ0v) is 8.23. The van der Waals surface area contributed by atoms with E-state index in [-0.39, 0.29) is 0 Å². The van der Waals surface area contributed by atoms with Gasteiger partial charge in [-0.3, -0.25) is 0 Å². The van der Waals surface area contributed by atoms with Crippen LogP contribution in [0.2, 0.25) is 0 Å². The molecule has 1 rings (SSSR count). The number of benzene rings is 1. The Morgan fingerprint density at radius 3 is 2.50 bits per heavy atom. The molecule has 2 N–H and O–H groups in total. The molecule has 1 aromatic carbocycles. The van der Waals surface area contributed by atoms with Crippen LogP contribution in [0.1, 0.15) is 12.5 Å². The van der Waals surface area contributed by atoms with E-state index in [2.05, 4.69) is 19.1 Å². The lowest BCUT2D eigenvalue weighted by atomic mass is 10.2. The molecule has 0 aliphatic heterocycles. The fraction of sp³-hybridized carbons (Fsp3) is 0.400. The zero-order valence-electron chi connectivity index (χ0n) is 7.42. The summed E-state index contributed by atoms with van der Waals surface area (Å²) in [7, 11) is 0. The monoisotopic (exact) mass is 181 g/mol. The predicted molar refractivity (Wildman–Crippen MR) is 57.6 cm³/mol. The third kappa shape index (κ3) is 3.18. The quantitative estimate of drug-likeness (QED) is 0.570. The summed E-state index contributed by atoms with van der Waals surface area (Å²) in [5.41, 5.74) is 7.81. The lowest BCUT2D eigenvalue weighted by Crippen LogP contribution is -1.90. The van der Waals surface area contributed by atoms with E-state index in [1.807, 2.05) is 23.9 Å². The first-order valence-electron chi connectivity index (χ1n) is 4.25. The Bertz CT molecular complexity index is 218. The summed E-state index contributed by atoms with van der Waals surface area (Å²) in [6.07, 6.45) is 1.15. The van der Waals surface area contributed by atoms with Gasteiger partial charge >= 0.3 is 0 Å². The summed E-state index contributed by atoms with van der Waals surface area (Å²) < 4.78 is 0. The highest BCUT2D eigenvalue weighted by molar-refractivity contribution is 7.99. The van der Waals surface area contributed by atoms with Gasteiger partial charge in [-0.25, -0.2) is 0 Å². The van der Waals surface area contributed by atoms with E-state index in [0.29, 0.717) is 0 Å². The number of anilines is 1. The first-order valence-corrected chi connectivity index (χ1v) is 5.40. The normalized spacial score (nSPS) is 10.1. The third-order valence-electron chi connectivity index (χ3n) is 1.72. The minimum atomic E-state index is 0.849. The van der Waals surface area contributed by atoms with Crippen LogP contribution >= 0.6 is 11.8 Å². The molecule has 0 atom stereocenters. The SMILES string of the molecule is CCSCCc1ccc(N)cc1. The minimum absolute atomic E-state index is 0.849. The average molecular weight is 181 g/mol. The average Bonchev–Trinajstić information content (AvgIpc) is 2.09. The van der Waals surface area contributed by atoms with E-state index >= 15 is 0 Å². The van der Waals surface area contributed by atoms with Crippen molar-refractivity contribution in [3.8, 4) is 0 Å². The summed E-state index contributed by atoms with van der Waals surface area (Å²) in [6, 6.07) is 8.13. The summed E-state index contributed by atoms with van der Waals surface area (Å²) in [5, 5.41) is 0. The van der Waals surface area contributed by atoms with E-state index in [4.69, 9.17) is 5.73 Å². The van der Waals surface area contributed by atoms with Crippen molar-refractivity contribution in [1.82, 2.24) is 0 Å². The second kappa shape index (κ2) is 5.09. The van der Waals surface area contributed by atoms with Crippen molar-refractivity contribution in [3.63, 3.8) is 0 Å². The number of nitrogen functional groups attached to an aromatic ring is 1. The van der Waals surface area contributed by atoms with E-state index in [1.165, 1.54) is 17.1 Å². The van der Waals surface area contributed by atoms with Gasteiger partial charge in [-0.2, -0.15) is 11.8 Å². The van der Waals surface area contributed by atoms with Gasteiger partial charge in [0, 0.05) is 5.69 Å². The van der Waals surface area contributed by atoms with Crippen molar-refractivity contribution in [3.05, 3.63) is 29.8 Å². The first kappa shape index (κ1) is 9.46. The highest BCUT2D eigenvalue weighted by Crippen LogP contribution is 2.09. The fourth-order valence-electron chi connectivity index (χ4n) is 1.02. The number of hydrogen-bond donors (Lipinski definition) is 1. The molecule has 0 saturated carbocycles. The first-order chi connectivity index (χ1) is 5.83. The van der Waals surface area contributed by atoms with E-state index < -0.39 is 0 Å². The minimum Gasteiger partial charge on any atom is -0.399 e. The van der Waals surface area contributed by atoms with Crippen LogP contribution in [-0.2, 0) is 6.42 Å². The Kier molecular flexibility index (Phi) is 4.01. The Hall–Kier alpha value is -0.630. The van der Waals surface area contributed by atoms with Gasteiger partial charge in [-0.1, -0.05) is 19.1 Å². The van der Waals surface area contributed by atoms with Crippen LogP contribution in [0.25, 0.3) is 0 Å². The third-order valence-corrected chi connectivity index (χ3v) is 2.62. The van der Waals surface area contributed by atoms with Crippen LogP contribution in [0.5, 0.6) is 0 Å². The van der Waals surface area contributed by atoms with Gasteiger partial charge in [-0.15, -0.1) is 0 Å². The van der Waals surface area contributed by atoms with Crippen LogP contribution in [0.15, 0.2) is 24.3 Å². The highest BCUT2D eigenvalue weighted by Gasteiger charge is 1.91. The van der Waals surface area contributed by atoms with Crippen LogP contribution in [0.3, 0.4) is 0 Å². The molecule has 0 unspecified atom stereocenters. The van der Waals surface area contributed by atoms with Gasteiger partial charge < -0.3 is 5.73 Å². The second-order valence-corrected chi connectivity index (χ2v) is 4.08. The number of aryl methyl sites for hydroxylation is 1. The highest BCUT2D eigenvalue weighted by atomic mass is 32.2.